The fourth-order valence-corrected chi connectivity index (χ4v) is 11.2. The third kappa shape index (κ3) is 11.9. The minimum Gasteiger partial charge on any atom is -0.444 e. The average Bonchev–Trinajstić information content (AvgIpc) is 3.61. The van der Waals surface area contributed by atoms with E-state index in [0.717, 1.165) is 109 Å². The van der Waals surface area contributed by atoms with Gasteiger partial charge in [-0.15, -0.1) is 0 Å². The van der Waals surface area contributed by atoms with Crippen molar-refractivity contribution in [3.8, 4) is 11.8 Å². The molecule has 4 aliphatic rings. The number of rotatable bonds is 13. The number of amides is 5. The largest absolute Gasteiger partial charge is 0.444 e. The van der Waals surface area contributed by atoms with Gasteiger partial charge in [-0.05, 0) is 163 Å². The lowest BCUT2D eigenvalue weighted by atomic mass is 9.89. The number of carbonyl (C=O) groups excluding carboxylic acids is 5. The maximum Gasteiger partial charge on any atom is 0.410 e. The molecule has 2 unspecified atom stereocenters. The summed E-state index contributed by atoms with van der Waals surface area (Å²) >= 11 is 0. The zero-order valence-corrected chi connectivity index (χ0v) is 43.9. The Hall–Kier alpha value is -6.92. The second kappa shape index (κ2) is 22.3. The van der Waals surface area contributed by atoms with Gasteiger partial charge in [0.25, 0.3) is 5.91 Å². The summed E-state index contributed by atoms with van der Waals surface area (Å²) in [5.74, 6) is 7.09. The number of fused-ring (bicyclic) bond motifs is 2. The fourth-order valence-electron chi connectivity index (χ4n) is 11.2. The predicted molar refractivity (Wildman–Crippen MR) is 288 cm³/mol. The Labute approximate surface area is 434 Å². The van der Waals surface area contributed by atoms with E-state index in [-0.39, 0.29) is 53.9 Å². The summed E-state index contributed by atoms with van der Waals surface area (Å²) in [6.45, 7) is 15.1. The molecule has 0 saturated carbocycles. The van der Waals surface area contributed by atoms with Crippen LogP contribution in [0.2, 0.25) is 0 Å². The van der Waals surface area contributed by atoms with E-state index in [0.29, 0.717) is 56.0 Å². The number of aryl methyl sites for hydroxylation is 2. The predicted octanol–water partition coefficient (Wildman–Crippen LogP) is 8.33. The summed E-state index contributed by atoms with van der Waals surface area (Å²) < 4.78 is 8.59. The molecule has 0 radical (unpaired) electrons. The van der Waals surface area contributed by atoms with E-state index in [1.165, 1.54) is 4.57 Å². The average molecular weight is 1010 g/mol. The third-order valence-corrected chi connectivity index (χ3v) is 15.5. The van der Waals surface area contributed by atoms with Crippen LogP contribution >= 0.6 is 0 Å². The summed E-state index contributed by atoms with van der Waals surface area (Å²) in [5.41, 5.74) is 6.13. The molecule has 2 atom stereocenters. The Balaban J connectivity index is 0.691. The van der Waals surface area contributed by atoms with Crippen LogP contribution in [0, 0.1) is 24.7 Å². The molecule has 15 nitrogen and oxygen atoms in total. The molecule has 4 aliphatic heterocycles. The van der Waals surface area contributed by atoms with Gasteiger partial charge in [0.2, 0.25) is 17.7 Å². The second-order valence-corrected chi connectivity index (χ2v) is 22.0. The fraction of sp³-hybridized carbons (Fsp3) is 0.492. The zero-order chi connectivity index (χ0) is 52.3. The molecule has 0 aliphatic carbocycles. The molecule has 5 amide bonds. The monoisotopic (exact) mass is 1000 g/mol. The van der Waals surface area contributed by atoms with Crippen LogP contribution in [0.1, 0.15) is 143 Å². The minimum absolute atomic E-state index is 0.0768. The molecule has 4 aromatic carbocycles. The maximum absolute atomic E-state index is 13.8. The molecular weight excluding hydrogens is 933 g/mol. The lowest BCUT2D eigenvalue weighted by molar-refractivity contribution is -0.136. The number of imide groups is 1. The number of likely N-dealkylation sites (tertiary alicyclic amines) is 3. The topological polar surface area (TPSA) is 167 Å². The Bertz CT molecular complexity index is 3060. The van der Waals surface area contributed by atoms with E-state index in [1.54, 1.807) is 16.5 Å². The van der Waals surface area contributed by atoms with Gasteiger partial charge in [0.05, 0.1) is 23.1 Å². The molecular formula is C59H72N8O7. The molecule has 1 aromatic heterocycles. The van der Waals surface area contributed by atoms with E-state index in [4.69, 9.17) is 4.74 Å². The van der Waals surface area contributed by atoms with Crippen LogP contribution in [0.3, 0.4) is 0 Å². The molecule has 4 fully saturated rings. The number of nitrogens with zero attached hydrogens (tertiary/aromatic N) is 5. The first kappa shape index (κ1) is 52.0. The molecule has 390 valence electrons. The number of carbonyl (C=O) groups is 5. The van der Waals surface area contributed by atoms with Crippen LogP contribution in [0.4, 0.5) is 10.5 Å². The molecule has 74 heavy (non-hydrogen) atoms. The third-order valence-electron chi connectivity index (χ3n) is 15.5. The first-order valence-electron chi connectivity index (χ1n) is 26.7. The van der Waals surface area contributed by atoms with Crippen molar-refractivity contribution >= 4 is 57.2 Å². The van der Waals surface area contributed by atoms with Crippen molar-refractivity contribution in [2.24, 2.45) is 13.0 Å². The van der Waals surface area contributed by atoms with E-state index < -0.39 is 17.6 Å². The van der Waals surface area contributed by atoms with Gasteiger partial charge < -0.3 is 30.1 Å². The Morgan fingerprint density at radius 1 is 0.824 bits per heavy atom. The quantitative estimate of drug-likeness (QED) is 0.0597. The van der Waals surface area contributed by atoms with Crippen molar-refractivity contribution in [1.82, 2.24) is 34.5 Å². The van der Waals surface area contributed by atoms with Crippen LogP contribution in [0.15, 0.2) is 77.6 Å². The number of hydrogen-bond acceptors (Lipinski definition) is 9. The number of unbranched alkanes of at least 4 members (excludes halogenated alkanes) is 2. The summed E-state index contributed by atoms with van der Waals surface area (Å²) in [5, 5.41) is 11.2. The number of ether oxygens (including phenoxy) is 1. The van der Waals surface area contributed by atoms with Crippen LogP contribution < -0.4 is 21.6 Å². The van der Waals surface area contributed by atoms with Gasteiger partial charge >= 0.3 is 11.8 Å². The molecule has 5 aromatic rings. The summed E-state index contributed by atoms with van der Waals surface area (Å²) in [4.78, 5) is 83.2. The van der Waals surface area contributed by atoms with Gasteiger partial charge in [-0.3, -0.25) is 33.6 Å². The first-order valence-corrected chi connectivity index (χ1v) is 26.7. The van der Waals surface area contributed by atoms with Crippen LogP contribution in [0.5, 0.6) is 0 Å². The highest BCUT2D eigenvalue weighted by Gasteiger charge is 2.35. The number of hydrogen-bond donors (Lipinski definition) is 3. The highest BCUT2D eigenvalue weighted by molar-refractivity contribution is 6.00. The normalized spacial score (nSPS) is 18.6. The number of nitrogens with one attached hydrogen (secondary N) is 3. The maximum atomic E-state index is 13.8. The number of piperidine rings is 3. The Kier molecular flexibility index (Phi) is 15.6. The van der Waals surface area contributed by atoms with Gasteiger partial charge in [0.1, 0.15) is 11.6 Å². The molecule has 5 heterocycles. The van der Waals surface area contributed by atoms with Crippen LogP contribution in [-0.2, 0) is 26.2 Å². The molecule has 0 bridgehead atoms. The smallest absolute Gasteiger partial charge is 0.410 e. The highest BCUT2D eigenvalue weighted by atomic mass is 16.6. The van der Waals surface area contributed by atoms with Gasteiger partial charge in [0, 0.05) is 68.8 Å². The number of benzene rings is 4. The summed E-state index contributed by atoms with van der Waals surface area (Å²) in [6.07, 6.45) is 7.53. The lowest BCUT2D eigenvalue weighted by Crippen LogP contribution is -2.57. The molecule has 4 saturated heterocycles. The zero-order valence-electron chi connectivity index (χ0n) is 43.9. The van der Waals surface area contributed by atoms with Crippen molar-refractivity contribution in [3.63, 3.8) is 0 Å². The van der Waals surface area contributed by atoms with Crippen molar-refractivity contribution < 1.29 is 28.7 Å². The number of imidazole rings is 1. The first-order chi connectivity index (χ1) is 35.5. The molecule has 0 spiro atoms. The van der Waals surface area contributed by atoms with Crippen molar-refractivity contribution in [1.29, 1.82) is 0 Å². The van der Waals surface area contributed by atoms with Gasteiger partial charge in [-0.25, -0.2) is 9.59 Å². The highest BCUT2D eigenvalue weighted by Crippen LogP contribution is 2.33. The molecule has 15 heteroatoms. The lowest BCUT2D eigenvalue weighted by Gasteiger charge is -2.40. The van der Waals surface area contributed by atoms with Gasteiger partial charge in [0.15, 0.2) is 0 Å². The summed E-state index contributed by atoms with van der Waals surface area (Å²) in [7, 11) is 1.72. The standard InChI is InChI=1S/C59H72N8O7/c1-38-15-20-44(61-45-36-66(37-45)58(73)74-59(3,4)5)35-49(38)55(70)60-39(2)46-21-18-42(47-12-9-10-13-48(46)47)17-16-40-25-30-64(31-26-40)29-11-7-8-14-54(69)65-32-27-41(28-33-65)43-19-22-50-52(34-43)63(6)57(72)67(50)51-23-24-53(68)62-56(51)71/h9-10,12-13,15,18-22,34-35,39-41,45,51,61H,7-8,11,14,23-33,36-37H2,1-6H3,(H,60,70)(H,62,68,71). The second-order valence-electron chi connectivity index (χ2n) is 22.0. The summed E-state index contributed by atoms with van der Waals surface area (Å²) in [6, 6.07) is 23.4. The Morgan fingerprint density at radius 2 is 1.57 bits per heavy atom. The van der Waals surface area contributed by atoms with E-state index >= 15 is 0 Å². The number of aromatic nitrogens is 2. The van der Waals surface area contributed by atoms with E-state index in [1.807, 2.05) is 82.0 Å². The van der Waals surface area contributed by atoms with E-state index in [2.05, 4.69) is 63.0 Å². The number of anilines is 1. The van der Waals surface area contributed by atoms with Crippen molar-refractivity contribution in [2.75, 3.05) is 51.1 Å². The SMILES string of the molecule is Cc1ccc(NC2CN(C(=O)OC(C)(C)C)C2)cc1C(=O)NC(C)c1ccc(C#CC2CCN(CCCCCC(=O)N3CCC(c4ccc5c(c4)n(C)c(=O)n5C4CCC(=O)NC4=O)CC3)CC2)c2ccccc12. The van der Waals surface area contributed by atoms with Gasteiger partial charge in [-0.2, -0.15) is 0 Å². The van der Waals surface area contributed by atoms with Crippen molar-refractivity contribution in [2.45, 2.75) is 128 Å². The van der Waals surface area contributed by atoms with Gasteiger partial charge in [-0.1, -0.05) is 60.7 Å². The van der Waals surface area contributed by atoms with Crippen LogP contribution in [0.25, 0.3) is 21.8 Å². The van der Waals surface area contributed by atoms with Crippen LogP contribution in [-0.4, -0.2) is 111 Å². The Morgan fingerprint density at radius 3 is 2.30 bits per heavy atom. The van der Waals surface area contributed by atoms with Crippen molar-refractivity contribution in [3.05, 3.63) is 111 Å². The molecule has 9 rings (SSSR count). The molecule has 3 N–H and O–H groups in total. The van der Waals surface area contributed by atoms with E-state index in [9.17, 15) is 28.8 Å². The minimum atomic E-state index is -0.707.